The van der Waals surface area contributed by atoms with Crippen molar-refractivity contribution in [3.63, 3.8) is 0 Å². The zero-order valence-corrected chi connectivity index (χ0v) is 24.2. The number of fused-ring (bicyclic) bond motifs is 1. The van der Waals surface area contributed by atoms with E-state index in [1.165, 1.54) is 6.33 Å². The molecule has 1 fully saturated rings. The quantitative estimate of drug-likeness (QED) is 0.172. The van der Waals surface area contributed by atoms with E-state index in [4.69, 9.17) is 24.5 Å². The molecule has 0 saturated heterocycles. The van der Waals surface area contributed by atoms with Crippen molar-refractivity contribution in [1.29, 1.82) is 0 Å². The van der Waals surface area contributed by atoms with E-state index < -0.39 is 44.1 Å². The third-order valence-corrected chi connectivity index (χ3v) is 8.28. The highest BCUT2D eigenvalue weighted by molar-refractivity contribution is 7.56. The van der Waals surface area contributed by atoms with Crippen LogP contribution < -0.4 is 10.8 Å². The molecule has 3 rings (SSSR count). The van der Waals surface area contributed by atoms with E-state index in [1.54, 1.807) is 31.7 Å². The number of hydrogen-bond acceptors (Lipinski definition) is 11. The number of anilines is 1. The molecule has 14 heteroatoms. The summed E-state index contributed by atoms with van der Waals surface area (Å²) in [5.41, 5.74) is 5.51. The van der Waals surface area contributed by atoms with Crippen molar-refractivity contribution in [2.75, 3.05) is 25.3 Å². The number of nitrogens with zero attached hydrogens (tertiary/aromatic N) is 4. The summed E-state index contributed by atoms with van der Waals surface area (Å²) in [7, 11) is -3.88. The molecule has 2 aromatic heterocycles. The molecule has 1 aliphatic rings. The first-order valence-electron chi connectivity index (χ1n) is 13.5. The number of aromatic nitrogens is 4. The molecule has 39 heavy (non-hydrogen) atoms. The van der Waals surface area contributed by atoms with E-state index >= 15 is 0 Å². The van der Waals surface area contributed by atoms with Gasteiger partial charge in [0.25, 0.3) is 7.52 Å². The van der Waals surface area contributed by atoms with Crippen LogP contribution in [0.1, 0.15) is 72.6 Å². The smallest absolute Gasteiger partial charge is 0.332 e. The molecule has 1 aliphatic carbocycles. The van der Waals surface area contributed by atoms with Crippen LogP contribution in [0, 0.1) is 0 Å². The largest absolute Gasteiger partial charge is 0.464 e. The zero-order valence-electron chi connectivity index (χ0n) is 23.3. The maximum absolute atomic E-state index is 13.9. The van der Waals surface area contributed by atoms with Crippen molar-refractivity contribution in [3.8, 4) is 0 Å². The highest BCUT2D eigenvalue weighted by Crippen LogP contribution is 2.45. The monoisotopic (exact) mass is 568 g/mol. The van der Waals surface area contributed by atoms with Crippen LogP contribution in [0.3, 0.4) is 0 Å². The lowest BCUT2D eigenvalue weighted by Crippen LogP contribution is -2.47. The van der Waals surface area contributed by atoms with E-state index in [0.717, 1.165) is 44.9 Å². The highest BCUT2D eigenvalue weighted by Gasteiger charge is 2.39. The Balaban J connectivity index is 1.64. The van der Waals surface area contributed by atoms with Crippen molar-refractivity contribution in [2.45, 2.75) is 96.9 Å². The summed E-state index contributed by atoms with van der Waals surface area (Å²) in [6.45, 7) is 6.97. The van der Waals surface area contributed by atoms with E-state index in [1.807, 2.05) is 0 Å². The van der Waals surface area contributed by atoms with Gasteiger partial charge in [-0.1, -0.05) is 19.8 Å². The molecule has 0 spiro atoms. The highest BCUT2D eigenvalue weighted by atomic mass is 31.2. The number of hydrogen-bond donors (Lipinski definition) is 2. The number of esters is 2. The van der Waals surface area contributed by atoms with Gasteiger partial charge in [-0.3, -0.25) is 9.36 Å². The standard InChI is InChI=1S/C25H41N6O7P/c1-5-6-9-12-35-24(33)25(3,4)30-39(34,37-14-20(32)38-19-10-7-8-11-19)17-36-18(2)13-31-16-29-21-22(26)27-15-28-23(21)31/h15-16,18-19H,5-14,17H2,1-4H3,(H,30,34)(H2,26,27,28)/t18-,39-/m1/s1. The Bertz CT molecular complexity index is 1150. The predicted molar refractivity (Wildman–Crippen MR) is 145 cm³/mol. The van der Waals surface area contributed by atoms with Crippen LogP contribution in [0.4, 0.5) is 5.82 Å². The third-order valence-electron chi connectivity index (χ3n) is 6.34. The summed E-state index contributed by atoms with van der Waals surface area (Å²) in [6.07, 6.45) is 8.18. The van der Waals surface area contributed by atoms with Crippen LogP contribution in [-0.4, -0.2) is 68.8 Å². The second kappa shape index (κ2) is 14.2. The van der Waals surface area contributed by atoms with Crippen molar-refractivity contribution in [3.05, 3.63) is 12.7 Å². The number of nitrogen functional groups attached to an aromatic ring is 1. The summed E-state index contributed by atoms with van der Waals surface area (Å²) in [5.74, 6) is -0.923. The minimum Gasteiger partial charge on any atom is -0.464 e. The summed E-state index contributed by atoms with van der Waals surface area (Å²) < 4.78 is 37.9. The maximum Gasteiger partial charge on any atom is 0.332 e. The Morgan fingerprint density at radius 2 is 1.97 bits per heavy atom. The van der Waals surface area contributed by atoms with Crippen LogP contribution in [0.25, 0.3) is 11.2 Å². The number of nitrogens with one attached hydrogen (secondary N) is 1. The summed E-state index contributed by atoms with van der Waals surface area (Å²) in [6, 6.07) is 0. The van der Waals surface area contributed by atoms with Crippen molar-refractivity contribution in [1.82, 2.24) is 24.6 Å². The molecular weight excluding hydrogens is 527 g/mol. The Labute approximate surface area is 229 Å². The van der Waals surface area contributed by atoms with Crippen molar-refractivity contribution < 1.29 is 32.9 Å². The normalized spacial score (nSPS) is 16.7. The second-order valence-electron chi connectivity index (χ2n) is 10.4. The molecule has 218 valence electrons. The van der Waals surface area contributed by atoms with Gasteiger partial charge in [-0.2, -0.15) is 0 Å². The molecule has 3 N–H and O–H groups in total. The molecule has 1 saturated carbocycles. The van der Waals surface area contributed by atoms with Crippen LogP contribution in [0.5, 0.6) is 0 Å². The summed E-state index contributed by atoms with van der Waals surface area (Å²) in [4.78, 5) is 37.5. The van der Waals surface area contributed by atoms with Gasteiger partial charge in [0.2, 0.25) is 0 Å². The second-order valence-corrected chi connectivity index (χ2v) is 12.4. The lowest BCUT2D eigenvalue weighted by atomic mass is 10.1. The van der Waals surface area contributed by atoms with Gasteiger partial charge in [0.05, 0.1) is 25.6 Å². The lowest BCUT2D eigenvalue weighted by molar-refractivity contribution is -0.151. The Hall–Kier alpha value is -2.60. The van der Waals surface area contributed by atoms with Gasteiger partial charge < -0.3 is 29.0 Å². The van der Waals surface area contributed by atoms with Crippen molar-refractivity contribution >= 4 is 36.4 Å². The third kappa shape index (κ3) is 9.23. The number of nitrogens with two attached hydrogens (primary N) is 1. The Kier molecular flexibility index (Phi) is 11.2. The van der Waals surface area contributed by atoms with Gasteiger partial charge in [-0.15, -0.1) is 0 Å². The molecule has 2 aromatic rings. The SMILES string of the molecule is CCCCCOC(=O)C(C)(C)N[P@@](=O)(CO[C@H](C)Cn1cnc2c(N)ncnc21)OCC(=O)OC1CCCC1. The lowest BCUT2D eigenvalue weighted by Gasteiger charge is -2.30. The van der Waals surface area contributed by atoms with Gasteiger partial charge in [0, 0.05) is 0 Å². The van der Waals surface area contributed by atoms with E-state index in [-0.39, 0.29) is 18.5 Å². The number of rotatable bonds is 16. The van der Waals surface area contributed by atoms with Gasteiger partial charge in [0.15, 0.2) is 18.1 Å². The van der Waals surface area contributed by atoms with Gasteiger partial charge in [-0.25, -0.2) is 24.8 Å². The molecule has 0 aromatic carbocycles. The fraction of sp³-hybridized carbons (Fsp3) is 0.720. The molecule has 0 unspecified atom stereocenters. The van der Waals surface area contributed by atoms with Crippen LogP contribution in [0.15, 0.2) is 12.7 Å². The Morgan fingerprint density at radius 1 is 1.23 bits per heavy atom. The molecule has 0 aliphatic heterocycles. The van der Waals surface area contributed by atoms with Crippen LogP contribution in [-0.2, 0) is 39.4 Å². The Morgan fingerprint density at radius 3 is 2.69 bits per heavy atom. The number of carbonyl (C=O) groups is 2. The van der Waals surface area contributed by atoms with E-state index in [2.05, 4.69) is 27.0 Å². The van der Waals surface area contributed by atoms with Crippen LogP contribution >= 0.6 is 7.52 Å². The molecule has 2 heterocycles. The fourth-order valence-corrected chi connectivity index (χ4v) is 6.15. The van der Waals surface area contributed by atoms with Gasteiger partial charge in [0.1, 0.15) is 29.8 Å². The average Bonchev–Trinajstić information content (AvgIpc) is 3.55. The van der Waals surface area contributed by atoms with Crippen molar-refractivity contribution in [2.24, 2.45) is 0 Å². The first-order valence-corrected chi connectivity index (χ1v) is 15.3. The summed E-state index contributed by atoms with van der Waals surface area (Å²) >= 11 is 0. The predicted octanol–water partition coefficient (Wildman–Crippen LogP) is 3.57. The maximum atomic E-state index is 13.9. The van der Waals surface area contributed by atoms with Gasteiger partial charge in [-0.05, 0) is 52.9 Å². The molecule has 2 atom stereocenters. The minimum absolute atomic E-state index is 0.151. The number of ether oxygens (including phenoxy) is 3. The number of imidazole rings is 1. The summed E-state index contributed by atoms with van der Waals surface area (Å²) in [5, 5.41) is 2.78. The number of unbranched alkanes of at least 4 members (excludes halogenated alkanes) is 2. The van der Waals surface area contributed by atoms with E-state index in [0.29, 0.717) is 17.7 Å². The van der Waals surface area contributed by atoms with Gasteiger partial charge >= 0.3 is 11.9 Å². The topological polar surface area (TPSA) is 170 Å². The molecular formula is C25H41N6O7P. The molecule has 0 amide bonds. The number of carbonyl (C=O) groups excluding carboxylic acids is 2. The minimum atomic E-state index is -3.88. The first-order chi connectivity index (χ1) is 18.5. The molecule has 13 nitrogen and oxygen atoms in total. The molecule has 0 radical (unpaired) electrons. The first kappa shape index (κ1) is 30.9. The fourth-order valence-electron chi connectivity index (χ4n) is 4.24. The molecule has 0 bridgehead atoms. The van der Waals surface area contributed by atoms with E-state index in [9.17, 15) is 14.2 Å². The zero-order chi connectivity index (χ0) is 28.5. The average molecular weight is 569 g/mol. The van der Waals surface area contributed by atoms with Crippen LogP contribution in [0.2, 0.25) is 0 Å².